The van der Waals surface area contributed by atoms with Gasteiger partial charge in [0.1, 0.15) is 7.26 Å². The Balaban J connectivity index is 5.67. The third kappa shape index (κ3) is 5.14. The van der Waals surface area contributed by atoms with Crippen molar-refractivity contribution < 1.29 is 20.4 Å². The Morgan fingerprint density at radius 2 is 0.714 bits per heavy atom. The molecule has 0 radical (unpaired) electrons. The Hall–Kier alpha value is 0.270. The van der Waals surface area contributed by atoms with Crippen molar-refractivity contribution in [3.05, 3.63) is 0 Å². The predicted octanol–water partition coefficient (Wildman–Crippen LogP) is 3.48. The van der Waals surface area contributed by atoms with Gasteiger partial charge in [0.05, 0.1) is 0 Å². The maximum absolute atomic E-state index is 10.7. The first-order valence-electron chi connectivity index (χ1n) is 8.53. The molecule has 0 aromatic carbocycles. The molecule has 0 spiro atoms. The maximum Gasteiger partial charge on any atom is 0.172 e. The van der Waals surface area contributed by atoms with Gasteiger partial charge in [0.25, 0.3) is 0 Å². The van der Waals surface area contributed by atoms with Crippen LogP contribution >= 0.6 is 7.26 Å². The van der Waals surface area contributed by atoms with Gasteiger partial charge >= 0.3 is 0 Å². The van der Waals surface area contributed by atoms with Crippen molar-refractivity contribution in [1.29, 1.82) is 0 Å². The van der Waals surface area contributed by atoms with Crippen LogP contribution in [0.4, 0.5) is 0 Å². The van der Waals surface area contributed by atoms with E-state index in [4.69, 9.17) is 0 Å². The molecule has 0 fully saturated rings. The van der Waals surface area contributed by atoms with Gasteiger partial charge in [-0.05, 0) is 0 Å². The molecular formula is C16H36O4P+. The molecule has 128 valence electrons. The molecule has 0 aliphatic carbocycles. The van der Waals surface area contributed by atoms with Crippen LogP contribution in [0, 0.1) is 0 Å². The molecule has 0 bridgehead atoms. The molecule has 0 aliphatic heterocycles. The average molecular weight is 323 g/mol. The summed E-state index contributed by atoms with van der Waals surface area (Å²) in [6, 6.07) is 0. The molecule has 4 nitrogen and oxygen atoms in total. The molecule has 4 unspecified atom stereocenters. The zero-order valence-electron chi connectivity index (χ0n) is 14.2. The quantitative estimate of drug-likeness (QED) is 0.415. The van der Waals surface area contributed by atoms with Crippen LogP contribution in [0.5, 0.6) is 0 Å². The van der Waals surface area contributed by atoms with E-state index in [0.717, 1.165) is 25.7 Å². The molecule has 5 heteroatoms. The summed E-state index contributed by atoms with van der Waals surface area (Å²) in [5.41, 5.74) is 0. The summed E-state index contributed by atoms with van der Waals surface area (Å²) in [5.74, 6) is -3.14. The van der Waals surface area contributed by atoms with Crippen LogP contribution in [0.3, 0.4) is 0 Å². The van der Waals surface area contributed by atoms with E-state index in [1.807, 2.05) is 27.7 Å². The fraction of sp³-hybridized carbons (Fsp3) is 1.00. The predicted molar refractivity (Wildman–Crippen MR) is 90.6 cm³/mol. The van der Waals surface area contributed by atoms with Crippen LogP contribution in [0.1, 0.15) is 79.1 Å². The first kappa shape index (κ1) is 21.3. The Bertz CT molecular complexity index is 209. The van der Waals surface area contributed by atoms with Crippen molar-refractivity contribution in [3.8, 4) is 0 Å². The van der Waals surface area contributed by atoms with Crippen LogP contribution < -0.4 is 0 Å². The van der Waals surface area contributed by atoms with E-state index in [9.17, 15) is 20.4 Å². The van der Waals surface area contributed by atoms with E-state index in [0.29, 0.717) is 25.7 Å². The third-order valence-electron chi connectivity index (χ3n) is 4.25. The normalized spacial score (nSPS) is 20.6. The first-order valence-corrected chi connectivity index (χ1v) is 10.6. The summed E-state index contributed by atoms with van der Waals surface area (Å²) < 4.78 is 0. The highest BCUT2D eigenvalue weighted by Crippen LogP contribution is 2.74. The minimum Gasteiger partial charge on any atom is -0.359 e. The molecule has 0 amide bonds. The summed E-state index contributed by atoms with van der Waals surface area (Å²) in [4.78, 5) is 0. The molecular weight excluding hydrogens is 287 g/mol. The topological polar surface area (TPSA) is 80.9 Å². The monoisotopic (exact) mass is 323 g/mol. The number of aliphatic hydroxyl groups excluding tert-OH is 4. The number of aliphatic hydroxyl groups is 4. The van der Waals surface area contributed by atoms with Crippen molar-refractivity contribution in [1.82, 2.24) is 0 Å². The zero-order valence-corrected chi connectivity index (χ0v) is 15.1. The lowest BCUT2D eigenvalue weighted by Gasteiger charge is -2.41. The molecule has 4 atom stereocenters. The molecule has 0 heterocycles. The Morgan fingerprint density at radius 1 is 0.524 bits per heavy atom. The van der Waals surface area contributed by atoms with E-state index < -0.39 is 30.6 Å². The van der Waals surface area contributed by atoms with Crippen molar-refractivity contribution in [2.45, 2.75) is 102 Å². The molecule has 21 heavy (non-hydrogen) atoms. The van der Waals surface area contributed by atoms with E-state index in [-0.39, 0.29) is 0 Å². The van der Waals surface area contributed by atoms with E-state index in [1.54, 1.807) is 0 Å². The average Bonchev–Trinajstić information content (AvgIpc) is 2.40. The highest BCUT2D eigenvalue weighted by molar-refractivity contribution is 7.77. The van der Waals surface area contributed by atoms with Gasteiger partial charge in [0.2, 0.25) is 0 Å². The largest absolute Gasteiger partial charge is 0.359 e. The van der Waals surface area contributed by atoms with E-state index >= 15 is 0 Å². The van der Waals surface area contributed by atoms with E-state index in [1.165, 1.54) is 0 Å². The van der Waals surface area contributed by atoms with Crippen molar-refractivity contribution in [2.75, 3.05) is 0 Å². The van der Waals surface area contributed by atoms with Crippen molar-refractivity contribution in [2.24, 2.45) is 0 Å². The number of hydrogen-bond acceptors (Lipinski definition) is 4. The van der Waals surface area contributed by atoms with Gasteiger partial charge in [-0.1, -0.05) is 53.4 Å². The van der Waals surface area contributed by atoms with E-state index in [2.05, 4.69) is 0 Å². The highest BCUT2D eigenvalue weighted by Gasteiger charge is 2.61. The van der Waals surface area contributed by atoms with Gasteiger partial charge in [0.15, 0.2) is 23.4 Å². The summed E-state index contributed by atoms with van der Waals surface area (Å²) in [6.45, 7) is 7.90. The standard InChI is InChI=1S/C16H36O4P/c1-5-9-13(17)21(14(18)10-6-2,15(19)11-7-3)16(20)12-8-4/h13-20H,5-12H2,1-4H3/q+1. The fourth-order valence-electron chi connectivity index (χ4n) is 3.12. The van der Waals surface area contributed by atoms with Crippen molar-refractivity contribution in [3.63, 3.8) is 0 Å². The summed E-state index contributed by atoms with van der Waals surface area (Å²) in [7, 11) is -2.70. The second kappa shape index (κ2) is 10.9. The summed E-state index contributed by atoms with van der Waals surface area (Å²) in [5, 5.41) is 42.9. The van der Waals surface area contributed by atoms with Gasteiger partial charge in [-0.2, -0.15) is 0 Å². The van der Waals surface area contributed by atoms with Crippen LogP contribution in [0.2, 0.25) is 0 Å². The van der Waals surface area contributed by atoms with Crippen LogP contribution in [0.25, 0.3) is 0 Å². The SMILES string of the molecule is CCCC(O)[P+](C(O)CCC)(C(O)CCC)C(O)CCC. The fourth-order valence-corrected chi connectivity index (χ4v) is 8.32. The second-order valence-corrected chi connectivity index (χ2v) is 10.1. The number of hydrogen-bond donors (Lipinski definition) is 4. The number of rotatable bonds is 12. The minimum absolute atomic E-state index is 0.524. The van der Waals surface area contributed by atoms with Gasteiger partial charge in [-0.15, -0.1) is 0 Å². The first-order chi connectivity index (χ1) is 9.93. The van der Waals surface area contributed by atoms with Gasteiger partial charge < -0.3 is 20.4 Å². The second-order valence-electron chi connectivity index (χ2n) is 5.97. The summed E-state index contributed by atoms with van der Waals surface area (Å²) in [6.07, 6.45) is 5.20. The highest BCUT2D eigenvalue weighted by atomic mass is 31.2. The molecule has 0 aliphatic rings. The molecule has 0 saturated carbocycles. The van der Waals surface area contributed by atoms with Gasteiger partial charge in [-0.25, -0.2) is 0 Å². The Labute approximate surface area is 130 Å². The summed E-state index contributed by atoms with van der Waals surface area (Å²) >= 11 is 0. The molecule has 0 aromatic rings. The van der Waals surface area contributed by atoms with Crippen molar-refractivity contribution >= 4 is 7.26 Å². The lowest BCUT2D eigenvalue weighted by molar-refractivity contribution is 0.141. The lowest BCUT2D eigenvalue weighted by Crippen LogP contribution is -2.39. The Morgan fingerprint density at radius 3 is 0.857 bits per heavy atom. The smallest absolute Gasteiger partial charge is 0.172 e. The zero-order chi connectivity index (χ0) is 16.5. The van der Waals surface area contributed by atoms with Crippen LogP contribution in [-0.2, 0) is 0 Å². The van der Waals surface area contributed by atoms with Gasteiger partial charge in [0, 0.05) is 25.7 Å². The van der Waals surface area contributed by atoms with Gasteiger partial charge in [-0.3, -0.25) is 0 Å². The third-order valence-corrected chi connectivity index (χ3v) is 9.42. The molecule has 4 N–H and O–H groups in total. The maximum atomic E-state index is 10.7. The Kier molecular flexibility index (Phi) is 11.0. The van der Waals surface area contributed by atoms with Crippen LogP contribution in [-0.4, -0.2) is 43.8 Å². The molecule has 0 rings (SSSR count). The van der Waals surface area contributed by atoms with Crippen LogP contribution in [0.15, 0.2) is 0 Å². The lowest BCUT2D eigenvalue weighted by atomic mass is 10.3. The minimum atomic E-state index is -2.70. The molecule has 0 aromatic heterocycles. The molecule has 0 saturated heterocycles.